The molecule has 0 amide bonds. The molecular formula is C10H25NO2. The van der Waals surface area contributed by atoms with Gasteiger partial charge < -0.3 is 15.9 Å². The molecule has 3 nitrogen and oxygen atoms in total. The van der Waals surface area contributed by atoms with Gasteiger partial charge in [0.1, 0.15) is 0 Å². The average Bonchev–Trinajstić information content (AvgIpc) is 1.84. The highest BCUT2D eigenvalue weighted by Gasteiger charge is 2.09. The standard InChI is InChI=1S/C5H13N.C5H12O2/c1-5(2)3-4-6;1-5(2,7)3-4-6/h5H,3-4,6H2,1-2H3;6-7H,3-4H2,1-2H3. The van der Waals surface area contributed by atoms with Gasteiger partial charge in [-0.25, -0.2) is 0 Å². The molecule has 0 aromatic heterocycles. The predicted molar refractivity (Wildman–Crippen MR) is 56.5 cm³/mol. The van der Waals surface area contributed by atoms with E-state index in [0.29, 0.717) is 6.42 Å². The maximum Gasteiger partial charge on any atom is 0.0613 e. The molecule has 82 valence electrons. The van der Waals surface area contributed by atoms with E-state index in [0.717, 1.165) is 18.9 Å². The summed E-state index contributed by atoms with van der Waals surface area (Å²) in [7, 11) is 0. The molecule has 13 heavy (non-hydrogen) atoms. The fourth-order valence-electron chi connectivity index (χ4n) is 0.607. The van der Waals surface area contributed by atoms with Gasteiger partial charge in [-0.3, -0.25) is 0 Å². The SMILES string of the molecule is CC(C)(O)CCO.CC(C)CCN. The number of hydrogen-bond acceptors (Lipinski definition) is 3. The first-order chi connectivity index (χ1) is 5.83. The number of nitrogens with two attached hydrogens (primary N) is 1. The summed E-state index contributed by atoms with van der Waals surface area (Å²) in [6.45, 7) is 8.58. The van der Waals surface area contributed by atoms with Crippen LogP contribution in [0.4, 0.5) is 0 Å². The zero-order valence-electron chi connectivity index (χ0n) is 9.38. The molecule has 3 heteroatoms. The van der Waals surface area contributed by atoms with E-state index in [9.17, 15) is 0 Å². The normalized spacial score (nSPS) is 11.1. The Morgan fingerprint density at radius 2 is 1.77 bits per heavy atom. The van der Waals surface area contributed by atoms with Crippen LogP contribution < -0.4 is 5.73 Å². The van der Waals surface area contributed by atoms with Crippen molar-refractivity contribution in [2.24, 2.45) is 11.7 Å². The Bertz CT molecular complexity index is 97.6. The van der Waals surface area contributed by atoms with E-state index < -0.39 is 5.60 Å². The fourth-order valence-corrected chi connectivity index (χ4v) is 0.607. The van der Waals surface area contributed by atoms with E-state index in [-0.39, 0.29) is 6.61 Å². The van der Waals surface area contributed by atoms with Crippen LogP contribution in [0.2, 0.25) is 0 Å². The van der Waals surface area contributed by atoms with Crippen molar-refractivity contribution in [3.8, 4) is 0 Å². The first-order valence-corrected chi connectivity index (χ1v) is 4.86. The summed E-state index contributed by atoms with van der Waals surface area (Å²) < 4.78 is 0. The van der Waals surface area contributed by atoms with Crippen LogP contribution >= 0.6 is 0 Å². The Balaban J connectivity index is 0. The largest absolute Gasteiger partial charge is 0.396 e. The van der Waals surface area contributed by atoms with E-state index in [2.05, 4.69) is 13.8 Å². The van der Waals surface area contributed by atoms with Crippen LogP contribution in [0, 0.1) is 5.92 Å². The highest BCUT2D eigenvalue weighted by atomic mass is 16.3. The average molecular weight is 191 g/mol. The van der Waals surface area contributed by atoms with Crippen LogP contribution in [0.15, 0.2) is 0 Å². The first kappa shape index (κ1) is 15.4. The van der Waals surface area contributed by atoms with Crippen molar-refractivity contribution in [3.63, 3.8) is 0 Å². The van der Waals surface area contributed by atoms with Crippen LogP contribution in [0.1, 0.15) is 40.5 Å². The number of aliphatic hydroxyl groups is 2. The van der Waals surface area contributed by atoms with Crippen molar-refractivity contribution in [1.82, 2.24) is 0 Å². The summed E-state index contributed by atoms with van der Waals surface area (Å²) in [4.78, 5) is 0. The van der Waals surface area contributed by atoms with Crippen LogP contribution in [0.3, 0.4) is 0 Å². The molecule has 0 aliphatic carbocycles. The van der Waals surface area contributed by atoms with Gasteiger partial charge in [-0.1, -0.05) is 13.8 Å². The lowest BCUT2D eigenvalue weighted by Gasteiger charge is -2.13. The van der Waals surface area contributed by atoms with Gasteiger partial charge in [0, 0.05) is 6.61 Å². The fraction of sp³-hybridized carbons (Fsp3) is 1.00. The van der Waals surface area contributed by atoms with Gasteiger partial charge in [0.15, 0.2) is 0 Å². The second-order valence-corrected chi connectivity index (χ2v) is 4.26. The minimum absolute atomic E-state index is 0.0590. The highest BCUT2D eigenvalue weighted by Crippen LogP contribution is 2.04. The lowest BCUT2D eigenvalue weighted by Crippen LogP contribution is -2.19. The third-order valence-corrected chi connectivity index (χ3v) is 1.47. The van der Waals surface area contributed by atoms with Crippen molar-refractivity contribution >= 4 is 0 Å². The quantitative estimate of drug-likeness (QED) is 0.624. The molecular weight excluding hydrogens is 166 g/mol. The van der Waals surface area contributed by atoms with Crippen molar-refractivity contribution in [2.75, 3.05) is 13.2 Å². The van der Waals surface area contributed by atoms with E-state index in [1.807, 2.05) is 0 Å². The third kappa shape index (κ3) is 24.5. The van der Waals surface area contributed by atoms with Crippen molar-refractivity contribution in [2.45, 2.75) is 46.1 Å². The summed E-state index contributed by atoms with van der Waals surface area (Å²) in [5, 5.41) is 17.1. The maximum absolute atomic E-state index is 8.86. The topological polar surface area (TPSA) is 66.5 Å². The minimum atomic E-state index is -0.700. The van der Waals surface area contributed by atoms with Crippen LogP contribution in [-0.4, -0.2) is 29.0 Å². The molecule has 0 fully saturated rings. The Morgan fingerprint density at radius 1 is 1.31 bits per heavy atom. The molecule has 0 spiro atoms. The summed E-state index contributed by atoms with van der Waals surface area (Å²) >= 11 is 0. The van der Waals surface area contributed by atoms with Gasteiger partial charge in [-0.2, -0.15) is 0 Å². The smallest absolute Gasteiger partial charge is 0.0613 e. The van der Waals surface area contributed by atoms with Gasteiger partial charge in [0.2, 0.25) is 0 Å². The van der Waals surface area contributed by atoms with Crippen LogP contribution in [0.5, 0.6) is 0 Å². The monoisotopic (exact) mass is 191 g/mol. The number of rotatable bonds is 4. The van der Waals surface area contributed by atoms with Gasteiger partial charge >= 0.3 is 0 Å². The van der Waals surface area contributed by atoms with Gasteiger partial charge in [0.25, 0.3) is 0 Å². The summed E-state index contributed by atoms with van der Waals surface area (Å²) in [6.07, 6.45) is 1.60. The molecule has 0 unspecified atom stereocenters. The molecule has 0 bridgehead atoms. The lowest BCUT2D eigenvalue weighted by molar-refractivity contribution is 0.0515. The zero-order valence-corrected chi connectivity index (χ0v) is 9.38. The Labute approximate surface area is 82.0 Å². The molecule has 0 aromatic carbocycles. The molecule has 0 heterocycles. The molecule has 0 atom stereocenters. The van der Waals surface area contributed by atoms with E-state index in [1.54, 1.807) is 13.8 Å². The molecule has 0 rings (SSSR count). The van der Waals surface area contributed by atoms with Crippen molar-refractivity contribution < 1.29 is 10.2 Å². The molecule has 0 aromatic rings. The van der Waals surface area contributed by atoms with Gasteiger partial charge in [0.05, 0.1) is 5.60 Å². The lowest BCUT2D eigenvalue weighted by atomic mass is 10.1. The van der Waals surface area contributed by atoms with E-state index >= 15 is 0 Å². The van der Waals surface area contributed by atoms with Crippen molar-refractivity contribution in [3.05, 3.63) is 0 Å². The summed E-state index contributed by atoms with van der Waals surface area (Å²) in [6, 6.07) is 0. The minimum Gasteiger partial charge on any atom is -0.396 e. The summed E-state index contributed by atoms with van der Waals surface area (Å²) in [5.74, 6) is 0.773. The molecule has 0 aliphatic rings. The molecule has 4 N–H and O–H groups in total. The second-order valence-electron chi connectivity index (χ2n) is 4.26. The second kappa shape index (κ2) is 8.48. The first-order valence-electron chi connectivity index (χ1n) is 4.86. The predicted octanol–water partition coefficient (Wildman–Crippen LogP) is 1.13. The molecule has 0 radical (unpaired) electrons. The van der Waals surface area contributed by atoms with Gasteiger partial charge in [-0.15, -0.1) is 0 Å². The Kier molecular flexibility index (Phi) is 10.0. The maximum atomic E-state index is 8.86. The van der Waals surface area contributed by atoms with Crippen LogP contribution in [-0.2, 0) is 0 Å². The third-order valence-electron chi connectivity index (χ3n) is 1.47. The van der Waals surface area contributed by atoms with Crippen LogP contribution in [0.25, 0.3) is 0 Å². The number of hydrogen-bond donors (Lipinski definition) is 3. The molecule has 0 saturated carbocycles. The highest BCUT2D eigenvalue weighted by molar-refractivity contribution is 4.62. The van der Waals surface area contributed by atoms with Crippen molar-refractivity contribution in [1.29, 1.82) is 0 Å². The zero-order chi connectivity index (χ0) is 10.9. The Morgan fingerprint density at radius 3 is 1.77 bits per heavy atom. The van der Waals surface area contributed by atoms with E-state index in [4.69, 9.17) is 15.9 Å². The summed E-state index contributed by atoms with van der Waals surface area (Å²) in [5.41, 5.74) is 4.53. The Hall–Kier alpha value is -0.120. The van der Waals surface area contributed by atoms with Gasteiger partial charge in [-0.05, 0) is 39.2 Å². The molecule has 0 saturated heterocycles. The number of aliphatic hydroxyl groups excluding tert-OH is 1. The molecule has 0 aliphatic heterocycles. The van der Waals surface area contributed by atoms with E-state index in [1.165, 1.54) is 0 Å².